The van der Waals surface area contributed by atoms with Crippen molar-refractivity contribution < 1.29 is 19.4 Å². The molecule has 1 unspecified atom stereocenters. The van der Waals surface area contributed by atoms with Crippen molar-refractivity contribution in [2.45, 2.75) is 39.2 Å². The minimum absolute atomic E-state index is 0.0513. The molecule has 5 heteroatoms. The third kappa shape index (κ3) is 4.21. The number of ketones is 1. The van der Waals surface area contributed by atoms with Gasteiger partial charge in [-0.3, -0.25) is 14.5 Å². The van der Waals surface area contributed by atoms with Crippen molar-refractivity contribution >= 4 is 23.1 Å². The largest absolute Gasteiger partial charge is 0.507 e. The lowest BCUT2D eigenvalue weighted by molar-refractivity contribution is -0.132. The molecular weight excluding hydrogens is 426 g/mol. The number of hydrogen-bond donors (Lipinski definition) is 1. The molecule has 1 aliphatic heterocycles. The van der Waals surface area contributed by atoms with Gasteiger partial charge in [0.05, 0.1) is 18.7 Å². The molecule has 174 valence electrons. The van der Waals surface area contributed by atoms with E-state index >= 15 is 0 Å². The van der Waals surface area contributed by atoms with E-state index in [2.05, 4.69) is 20.8 Å². The van der Waals surface area contributed by atoms with Crippen molar-refractivity contribution in [1.29, 1.82) is 0 Å². The van der Waals surface area contributed by atoms with Crippen molar-refractivity contribution in [2.75, 3.05) is 12.0 Å². The molecule has 1 N–H and O–H groups in total. The van der Waals surface area contributed by atoms with Crippen molar-refractivity contribution in [2.24, 2.45) is 0 Å². The molecule has 0 spiro atoms. The summed E-state index contributed by atoms with van der Waals surface area (Å²) in [6.07, 6.45) is 0. The van der Waals surface area contributed by atoms with Gasteiger partial charge in [-0.1, -0.05) is 74.9 Å². The molecule has 1 atom stereocenters. The van der Waals surface area contributed by atoms with Gasteiger partial charge >= 0.3 is 0 Å². The summed E-state index contributed by atoms with van der Waals surface area (Å²) >= 11 is 0. The number of nitrogens with zero attached hydrogens (tertiary/aromatic N) is 1. The van der Waals surface area contributed by atoms with Gasteiger partial charge in [0.15, 0.2) is 0 Å². The van der Waals surface area contributed by atoms with E-state index in [1.165, 1.54) is 4.90 Å². The minimum atomic E-state index is -0.795. The number of Topliss-reactive ketones (excluding diaryl/α,β-unsaturated/α-hetero) is 1. The third-order valence-electron chi connectivity index (χ3n) is 6.19. The van der Waals surface area contributed by atoms with Gasteiger partial charge in [-0.25, -0.2) is 0 Å². The topological polar surface area (TPSA) is 66.8 Å². The Morgan fingerprint density at radius 2 is 1.59 bits per heavy atom. The second kappa shape index (κ2) is 8.82. The van der Waals surface area contributed by atoms with E-state index in [0.717, 1.165) is 11.1 Å². The molecule has 0 aromatic heterocycles. The number of ether oxygens (including phenoxy) is 1. The highest BCUT2D eigenvalue weighted by Crippen LogP contribution is 2.43. The molecule has 1 heterocycles. The van der Waals surface area contributed by atoms with Gasteiger partial charge in [-0.2, -0.15) is 0 Å². The van der Waals surface area contributed by atoms with E-state index in [-0.39, 0.29) is 16.7 Å². The molecule has 4 rings (SSSR count). The van der Waals surface area contributed by atoms with Gasteiger partial charge in [-0.05, 0) is 47.7 Å². The van der Waals surface area contributed by atoms with Crippen LogP contribution < -0.4 is 9.64 Å². The Morgan fingerprint density at radius 1 is 0.941 bits per heavy atom. The lowest BCUT2D eigenvalue weighted by atomic mass is 9.87. The Bertz CT molecular complexity index is 1260. The van der Waals surface area contributed by atoms with Gasteiger partial charge in [0.2, 0.25) is 0 Å². The number of methoxy groups -OCH3 is 1. The number of carbonyl (C=O) groups is 2. The fourth-order valence-electron chi connectivity index (χ4n) is 4.21. The molecule has 5 nitrogen and oxygen atoms in total. The summed E-state index contributed by atoms with van der Waals surface area (Å²) in [5.74, 6) is -0.989. The molecule has 34 heavy (non-hydrogen) atoms. The van der Waals surface area contributed by atoms with Crippen LogP contribution in [0.1, 0.15) is 49.1 Å². The van der Waals surface area contributed by atoms with Crippen LogP contribution in [0.4, 0.5) is 5.69 Å². The lowest BCUT2D eigenvalue weighted by Gasteiger charge is -2.27. The maximum absolute atomic E-state index is 13.3. The standard InChI is InChI=1S/C29H29NO4/c1-18-9-11-19(12-10-18)26(31)24-25(20-7-6-8-23(17-20)34-5)30(28(33)27(24)32)22-15-13-21(14-16-22)29(2,3)4/h6-17,25,31H,1-5H3/b26-24-. The Morgan fingerprint density at radius 3 is 2.18 bits per heavy atom. The van der Waals surface area contributed by atoms with E-state index in [4.69, 9.17) is 4.74 Å². The monoisotopic (exact) mass is 455 g/mol. The predicted octanol–water partition coefficient (Wildman–Crippen LogP) is 5.93. The molecule has 1 saturated heterocycles. The highest BCUT2D eigenvalue weighted by Gasteiger charge is 2.47. The zero-order valence-corrected chi connectivity index (χ0v) is 20.1. The van der Waals surface area contributed by atoms with Crippen LogP contribution in [0.25, 0.3) is 5.76 Å². The van der Waals surface area contributed by atoms with Crippen LogP contribution in [0.2, 0.25) is 0 Å². The first kappa shape index (κ1) is 23.3. The highest BCUT2D eigenvalue weighted by molar-refractivity contribution is 6.51. The summed E-state index contributed by atoms with van der Waals surface area (Å²) < 4.78 is 5.39. The van der Waals surface area contributed by atoms with Gasteiger partial charge < -0.3 is 9.84 Å². The summed E-state index contributed by atoms with van der Waals surface area (Å²) in [4.78, 5) is 28.1. The normalized spacial score (nSPS) is 17.8. The van der Waals surface area contributed by atoms with Gasteiger partial charge in [0.25, 0.3) is 11.7 Å². The van der Waals surface area contributed by atoms with Crippen molar-refractivity contribution in [3.05, 3.63) is 101 Å². The number of rotatable bonds is 4. The molecule has 1 fully saturated rings. The van der Waals surface area contributed by atoms with E-state index in [9.17, 15) is 14.7 Å². The van der Waals surface area contributed by atoms with Crippen LogP contribution in [0.3, 0.4) is 0 Å². The first-order valence-electron chi connectivity index (χ1n) is 11.2. The molecule has 0 bridgehead atoms. The molecule has 3 aromatic rings. The summed E-state index contributed by atoms with van der Waals surface area (Å²) in [6.45, 7) is 8.30. The highest BCUT2D eigenvalue weighted by atomic mass is 16.5. The number of aliphatic hydroxyl groups is 1. The molecular formula is C29H29NO4. The summed E-state index contributed by atoms with van der Waals surface area (Å²) in [7, 11) is 1.56. The number of aliphatic hydroxyl groups excluding tert-OH is 1. The smallest absolute Gasteiger partial charge is 0.300 e. The van der Waals surface area contributed by atoms with E-state index in [1.54, 1.807) is 31.4 Å². The Hall–Kier alpha value is -3.86. The maximum Gasteiger partial charge on any atom is 0.300 e. The van der Waals surface area contributed by atoms with Crippen molar-refractivity contribution in [3.63, 3.8) is 0 Å². The van der Waals surface area contributed by atoms with Crippen LogP contribution in [-0.2, 0) is 15.0 Å². The van der Waals surface area contributed by atoms with Gasteiger partial charge in [0.1, 0.15) is 11.5 Å². The number of anilines is 1. The number of aryl methyl sites for hydroxylation is 1. The van der Waals surface area contributed by atoms with Crippen LogP contribution in [0, 0.1) is 6.92 Å². The molecule has 0 saturated carbocycles. The zero-order chi connectivity index (χ0) is 24.6. The number of hydrogen-bond acceptors (Lipinski definition) is 4. The summed E-state index contributed by atoms with van der Waals surface area (Å²) in [5.41, 5.74) is 3.90. The predicted molar refractivity (Wildman–Crippen MR) is 134 cm³/mol. The number of benzene rings is 3. The summed E-state index contributed by atoms with van der Waals surface area (Å²) in [6, 6.07) is 21.3. The van der Waals surface area contributed by atoms with E-state index in [0.29, 0.717) is 22.6 Å². The first-order valence-corrected chi connectivity index (χ1v) is 11.2. The number of amides is 1. The van der Waals surface area contributed by atoms with Crippen LogP contribution in [-0.4, -0.2) is 23.9 Å². The van der Waals surface area contributed by atoms with Gasteiger partial charge in [-0.15, -0.1) is 0 Å². The molecule has 1 amide bonds. The van der Waals surface area contributed by atoms with E-state index < -0.39 is 17.7 Å². The molecule has 3 aromatic carbocycles. The van der Waals surface area contributed by atoms with Gasteiger partial charge in [0, 0.05) is 11.3 Å². The second-order valence-electron chi connectivity index (χ2n) is 9.61. The molecule has 0 aliphatic carbocycles. The average molecular weight is 456 g/mol. The average Bonchev–Trinajstić information content (AvgIpc) is 3.09. The maximum atomic E-state index is 13.3. The molecule has 0 radical (unpaired) electrons. The second-order valence-corrected chi connectivity index (χ2v) is 9.61. The SMILES string of the molecule is COc1cccc(C2/C(=C(/O)c3ccc(C)cc3)C(=O)C(=O)N2c2ccc(C(C)(C)C)cc2)c1. The van der Waals surface area contributed by atoms with E-state index in [1.807, 2.05) is 55.5 Å². The Balaban J connectivity index is 1.91. The van der Waals surface area contributed by atoms with Crippen LogP contribution in [0.15, 0.2) is 78.4 Å². The van der Waals surface area contributed by atoms with Crippen LogP contribution in [0.5, 0.6) is 5.75 Å². The fraction of sp³-hybridized carbons (Fsp3) is 0.241. The molecule has 1 aliphatic rings. The third-order valence-corrected chi connectivity index (χ3v) is 6.19. The zero-order valence-electron chi connectivity index (χ0n) is 20.1. The quantitative estimate of drug-likeness (QED) is 0.301. The lowest BCUT2D eigenvalue weighted by Crippen LogP contribution is -2.29. The van der Waals surface area contributed by atoms with Crippen LogP contribution >= 0.6 is 0 Å². The minimum Gasteiger partial charge on any atom is -0.507 e. The fourth-order valence-corrected chi connectivity index (χ4v) is 4.21. The number of carbonyl (C=O) groups excluding carboxylic acids is 2. The first-order chi connectivity index (χ1) is 16.1. The van der Waals surface area contributed by atoms with Crippen molar-refractivity contribution in [1.82, 2.24) is 0 Å². The summed E-state index contributed by atoms with van der Waals surface area (Å²) in [5, 5.41) is 11.2. The Kier molecular flexibility index (Phi) is 6.05. The Labute approximate surface area is 200 Å². The van der Waals surface area contributed by atoms with Crippen molar-refractivity contribution in [3.8, 4) is 5.75 Å².